The molecule has 1 aromatic carbocycles. The van der Waals surface area contributed by atoms with Crippen LogP contribution in [0.1, 0.15) is 57.6 Å². The molecule has 8 heteroatoms. The predicted octanol–water partition coefficient (Wildman–Crippen LogP) is 3.79. The average molecular weight is 429 g/mol. The summed E-state index contributed by atoms with van der Waals surface area (Å²) in [6.07, 6.45) is 6.32. The van der Waals surface area contributed by atoms with E-state index in [4.69, 9.17) is 9.47 Å². The Labute approximate surface area is 182 Å². The molecule has 1 aliphatic heterocycles. The van der Waals surface area contributed by atoms with Crippen LogP contribution in [0.2, 0.25) is 0 Å². The molecule has 1 amide bonds. The van der Waals surface area contributed by atoms with Gasteiger partial charge in [0.25, 0.3) is 0 Å². The van der Waals surface area contributed by atoms with Crippen molar-refractivity contribution in [3.05, 3.63) is 41.8 Å². The lowest BCUT2D eigenvalue weighted by Crippen LogP contribution is -2.26. The predicted molar refractivity (Wildman–Crippen MR) is 115 cm³/mol. The first-order valence-electron chi connectivity index (χ1n) is 11.0. The molecule has 166 valence electrons. The maximum atomic E-state index is 14.4. The van der Waals surface area contributed by atoms with Crippen LogP contribution in [-0.2, 0) is 4.79 Å². The number of amides is 1. The normalized spacial score (nSPS) is 20.0. The van der Waals surface area contributed by atoms with Gasteiger partial charge in [0.2, 0.25) is 5.91 Å². The molecule has 4 rings (SSSR count). The number of nitrogens with one attached hydrogen (secondary N) is 1. The molecule has 31 heavy (non-hydrogen) atoms. The van der Waals surface area contributed by atoms with E-state index in [0.717, 1.165) is 43.4 Å². The van der Waals surface area contributed by atoms with E-state index in [9.17, 15) is 9.18 Å². The number of hydrogen-bond donors (Lipinski definition) is 1. The van der Waals surface area contributed by atoms with Crippen LogP contribution >= 0.6 is 0 Å². The lowest BCUT2D eigenvalue weighted by molar-refractivity contribution is -0.119. The zero-order valence-corrected chi connectivity index (χ0v) is 18.0. The summed E-state index contributed by atoms with van der Waals surface area (Å²) in [5.41, 5.74) is 1.01. The molecule has 2 aliphatic rings. The van der Waals surface area contributed by atoms with Crippen molar-refractivity contribution in [2.75, 3.05) is 18.0 Å². The van der Waals surface area contributed by atoms with E-state index in [-0.39, 0.29) is 36.0 Å². The molecule has 7 nitrogen and oxygen atoms in total. The van der Waals surface area contributed by atoms with Crippen LogP contribution in [0.15, 0.2) is 30.5 Å². The quantitative estimate of drug-likeness (QED) is 0.723. The first-order chi connectivity index (χ1) is 15.0. The Morgan fingerprint density at radius 1 is 1.16 bits per heavy atom. The number of carbonyl (C=O) groups is 1. The maximum Gasteiger partial charge on any atom is 0.318 e. The minimum atomic E-state index is -0.448. The van der Waals surface area contributed by atoms with Gasteiger partial charge in [0.05, 0.1) is 18.8 Å². The van der Waals surface area contributed by atoms with E-state index in [1.165, 1.54) is 13.1 Å². The van der Waals surface area contributed by atoms with Crippen LogP contribution < -0.4 is 19.7 Å². The third-order valence-corrected chi connectivity index (χ3v) is 5.82. The van der Waals surface area contributed by atoms with E-state index < -0.39 is 5.82 Å². The Bertz CT molecular complexity index is 902. The van der Waals surface area contributed by atoms with Crippen molar-refractivity contribution in [1.82, 2.24) is 15.3 Å². The molecule has 2 heterocycles. The molecule has 2 fully saturated rings. The van der Waals surface area contributed by atoms with Crippen molar-refractivity contribution >= 4 is 11.7 Å². The number of carbonyl (C=O) groups excluding carboxylic acids is 1. The molecule has 0 bridgehead atoms. The van der Waals surface area contributed by atoms with Crippen LogP contribution in [0.5, 0.6) is 11.8 Å². The van der Waals surface area contributed by atoms with Gasteiger partial charge >= 0.3 is 6.01 Å². The van der Waals surface area contributed by atoms with Crippen LogP contribution in [0.3, 0.4) is 0 Å². The van der Waals surface area contributed by atoms with Crippen LogP contribution in [-0.4, -0.2) is 41.2 Å². The van der Waals surface area contributed by atoms with Crippen molar-refractivity contribution in [1.29, 1.82) is 0 Å². The smallest absolute Gasteiger partial charge is 0.318 e. The molecular weight excluding hydrogens is 399 g/mol. The van der Waals surface area contributed by atoms with Crippen molar-refractivity contribution in [2.24, 2.45) is 0 Å². The summed E-state index contributed by atoms with van der Waals surface area (Å²) in [4.78, 5) is 21.5. The zero-order chi connectivity index (χ0) is 21.8. The molecule has 1 N–H and O–H groups in total. The highest BCUT2D eigenvalue weighted by atomic mass is 19.1. The molecule has 0 radical (unpaired) electrons. The van der Waals surface area contributed by atoms with Gasteiger partial charge in [-0.05, 0) is 50.3 Å². The second-order valence-electron chi connectivity index (χ2n) is 8.31. The summed E-state index contributed by atoms with van der Waals surface area (Å²) >= 11 is 0. The topological polar surface area (TPSA) is 76.6 Å². The second kappa shape index (κ2) is 9.49. The summed E-state index contributed by atoms with van der Waals surface area (Å²) in [7, 11) is 0. The highest BCUT2D eigenvalue weighted by Crippen LogP contribution is 2.28. The lowest BCUT2D eigenvalue weighted by atomic mass is 10.1. The van der Waals surface area contributed by atoms with Gasteiger partial charge in [0, 0.05) is 19.9 Å². The molecule has 1 aromatic heterocycles. The van der Waals surface area contributed by atoms with E-state index in [0.29, 0.717) is 13.1 Å². The highest BCUT2D eigenvalue weighted by molar-refractivity contribution is 5.73. The first kappa shape index (κ1) is 21.3. The number of hydrogen-bond acceptors (Lipinski definition) is 6. The van der Waals surface area contributed by atoms with E-state index in [1.807, 2.05) is 36.1 Å². The van der Waals surface area contributed by atoms with E-state index in [2.05, 4.69) is 15.3 Å². The maximum absolute atomic E-state index is 14.4. The number of ether oxygens (including phenoxy) is 2. The summed E-state index contributed by atoms with van der Waals surface area (Å²) in [5, 5.41) is 2.86. The van der Waals surface area contributed by atoms with Crippen molar-refractivity contribution in [3.63, 3.8) is 0 Å². The summed E-state index contributed by atoms with van der Waals surface area (Å²) in [5.74, 6) is 0.510. The Balaban J connectivity index is 1.35. The summed E-state index contributed by atoms with van der Waals surface area (Å²) in [6.45, 7) is 4.64. The Morgan fingerprint density at radius 2 is 1.90 bits per heavy atom. The molecule has 1 saturated heterocycles. The lowest BCUT2D eigenvalue weighted by Gasteiger charge is -2.20. The number of benzene rings is 1. The minimum absolute atomic E-state index is 0.0603. The molecule has 0 spiro atoms. The monoisotopic (exact) mass is 428 g/mol. The van der Waals surface area contributed by atoms with Gasteiger partial charge in [0.15, 0.2) is 11.6 Å². The number of nitrogens with zero attached hydrogens (tertiary/aromatic N) is 3. The van der Waals surface area contributed by atoms with Crippen molar-refractivity contribution in [2.45, 2.75) is 64.2 Å². The van der Waals surface area contributed by atoms with E-state index >= 15 is 0 Å². The van der Waals surface area contributed by atoms with Crippen LogP contribution in [0, 0.1) is 5.82 Å². The van der Waals surface area contributed by atoms with Gasteiger partial charge in [-0.15, -0.1) is 0 Å². The Hall–Kier alpha value is -2.90. The average Bonchev–Trinajstić information content (AvgIpc) is 3.42. The molecule has 2 atom stereocenters. The van der Waals surface area contributed by atoms with Gasteiger partial charge < -0.3 is 19.7 Å². The number of halogens is 1. The summed E-state index contributed by atoms with van der Waals surface area (Å²) < 4.78 is 26.3. The molecular formula is C23H29FN4O3. The Kier molecular flexibility index (Phi) is 6.53. The number of aromatic nitrogens is 2. The fourth-order valence-electron chi connectivity index (χ4n) is 4.21. The Morgan fingerprint density at radius 3 is 2.61 bits per heavy atom. The largest absolute Gasteiger partial charge is 0.489 e. The van der Waals surface area contributed by atoms with Gasteiger partial charge in [-0.25, -0.2) is 9.37 Å². The zero-order valence-electron chi connectivity index (χ0n) is 18.0. The standard InChI is InChI=1S/C23H29FN4O3/c1-15(26-16(2)29)17-7-9-19(10-8-17)30-20-11-12-28(14-20)22-21(24)13-25-23(27-22)31-18-5-3-4-6-18/h7-10,13,15,18,20H,3-6,11-12,14H2,1-2H3,(H,26,29)/t15-,20+/m0/s1. The van der Waals surface area contributed by atoms with Crippen molar-refractivity contribution < 1.29 is 18.7 Å². The van der Waals surface area contributed by atoms with Gasteiger partial charge in [-0.3, -0.25) is 4.79 Å². The van der Waals surface area contributed by atoms with Crippen molar-refractivity contribution in [3.8, 4) is 11.8 Å². The molecule has 1 aliphatic carbocycles. The number of rotatable bonds is 7. The minimum Gasteiger partial charge on any atom is -0.489 e. The molecule has 1 saturated carbocycles. The van der Waals surface area contributed by atoms with Crippen LogP contribution in [0.25, 0.3) is 0 Å². The molecule has 0 unspecified atom stereocenters. The van der Waals surface area contributed by atoms with E-state index in [1.54, 1.807) is 0 Å². The second-order valence-corrected chi connectivity index (χ2v) is 8.31. The SMILES string of the molecule is CC(=O)N[C@@H](C)c1ccc(O[C@@H]2CCN(c3nc(OC4CCCC4)ncc3F)C2)cc1. The van der Waals surface area contributed by atoms with Gasteiger partial charge in [-0.2, -0.15) is 4.98 Å². The third-order valence-electron chi connectivity index (χ3n) is 5.82. The fraction of sp³-hybridized carbons (Fsp3) is 0.522. The van der Waals surface area contributed by atoms with Gasteiger partial charge in [-0.1, -0.05) is 12.1 Å². The fourth-order valence-corrected chi connectivity index (χ4v) is 4.21. The molecule has 2 aromatic rings. The number of anilines is 1. The van der Waals surface area contributed by atoms with Crippen LogP contribution in [0.4, 0.5) is 10.2 Å². The first-order valence-corrected chi connectivity index (χ1v) is 11.0. The highest BCUT2D eigenvalue weighted by Gasteiger charge is 2.28. The third kappa shape index (κ3) is 5.42. The van der Waals surface area contributed by atoms with Gasteiger partial charge in [0.1, 0.15) is 18.0 Å². The summed E-state index contributed by atoms with van der Waals surface area (Å²) in [6, 6.07) is 7.87.